The van der Waals surface area contributed by atoms with E-state index in [2.05, 4.69) is 10.5 Å². The number of halogens is 1. The molecule has 6 heteroatoms. The van der Waals surface area contributed by atoms with Gasteiger partial charge in [0, 0.05) is 5.69 Å². The number of benzene rings is 2. The summed E-state index contributed by atoms with van der Waals surface area (Å²) in [7, 11) is 0. The maximum atomic E-state index is 13.0. The third-order valence-corrected chi connectivity index (χ3v) is 4.04. The highest BCUT2D eigenvalue weighted by molar-refractivity contribution is 6.04. The number of aromatic nitrogens is 1. The Kier molecular flexibility index (Phi) is 5.31. The molecule has 5 nitrogen and oxygen atoms in total. The molecule has 26 heavy (non-hydrogen) atoms. The van der Waals surface area contributed by atoms with Crippen molar-refractivity contribution in [1.29, 1.82) is 0 Å². The summed E-state index contributed by atoms with van der Waals surface area (Å²) >= 11 is 0. The lowest BCUT2D eigenvalue weighted by Gasteiger charge is -2.10. The van der Waals surface area contributed by atoms with Crippen molar-refractivity contribution in [3.8, 4) is 5.75 Å². The normalized spacial score (nSPS) is 10.6. The maximum absolute atomic E-state index is 13.0. The highest BCUT2D eigenvalue weighted by Crippen LogP contribution is 2.21. The van der Waals surface area contributed by atoms with E-state index in [4.69, 9.17) is 9.26 Å². The minimum absolute atomic E-state index is 0.0964. The molecule has 0 spiro atoms. The van der Waals surface area contributed by atoms with Gasteiger partial charge in [-0.25, -0.2) is 4.39 Å². The van der Waals surface area contributed by atoms with E-state index in [9.17, 15) is 9.18 Å². The summed E-state index contributed by atoms with van der Waals surface area (Å²) in [5.74, 6) is 0.296. The van der Waals surface area contributed by atoms with Crippen molar-refractivity contribution in [2.75, 3.05) is 5.32 Å². The minimum Gasteiger partial charge on any atom is -0.489 e. The van der Waals surface area contributed by atoms with Crippen LogP contribution in [-0.4, -0.2) is 11.1 Å². The first-order chi connectivity index (χ1) is 12.6. The molecule has 1 N–H and O–H groups in total. The number of carbonyl (C=O) groups is 1. The van der Waals surface area contributed by atoms with Gasteiger partial charge < -0.3 is 14.6 Å². The zero-order chi connectivity index (χ0) is 18.5. The van der Waals surface area contributed by atoms with E-state index in [0.29, 0.717) is 17.1 Å². The third-order valence-electron chi connectivity index (χ3n) is 4.04. The van der Waals surface area contributed by atoms with Gasteiger partial charge in [0.15, 0.2) is 5.69 Å². The first-order valence-corrected chi connectivity index (χ1v) is 8.31. The molecule has 0 saturated carbocycles. The number of anilines is 1. The van der Waals surface area contributed by atoms with Crippen LogP contribution in [0.15, 0.2) is 53.1 Å². The van der Waals surface area contributed by atoms with Gasteiger partial charge in [0.1, 0.15) is 23.9 Å². The number of ether oxygens (including phenoxy) is 1. The summed E-state index contributed by atoms with van der Waals surface area (Å²) in [5, 5.41) is 6.74. The summed E-state index contributed by atoms with van der Waals surface area (Å²) in [4.78, 5) is 12.6. The summed E-state index contributed by atoms with van der Waals surface area (Å²) in [6.45, 7) is 3.83. The van der Waals surface area contributed by atoms with Crippen LogP contribution in [0.4, 0.5) is 10.1 Å². The number of rotatable bonds is 6. The van der Waals surface area contributed by atoms with Crippen molar-refractivity contribution >= 4 is 11.6 Å². The summed E-state index contributed by atoms with van der Waals surface area (Å²) in [6, 6.07) is 13.3. The van der Waals surface area contributed by atoms with E-state index in [1.54, 1.807) is 6.92 Å². The number of amides is 1. The highest BCUT2D eigenvalue weighted by atomic mass is 19.1. The molecule has 3 aromatic rings. The van der Waals surface area contributed by atoms with Gasteiger partial charge in [0.2, 0.25) is 0 Å². The second-order valence-corrected chi connectivity index (χ2v) is 5.77. The molecular formula is C20H19FN2O3. The first-order valence-electron chi connectivity index (χ1n) is 8.31. The summed E-state index contributed by atoms with van der Waals surface area (Å²) < 4.78 is 23.8. The third kappa shape index (κ3) is 3.91. The van der Waals surface area contributed by atoms with Gasteiger partial charge in [0.05, 0.1) is 5.56 Å². The van der Waals surface area contributed by atoms with E-state index in [1.165, 1.54) is 24.3 Å². The lowest BCUT2D eigenvalue weighted by Crippen LogP contribution is -2.16. The molecule has 0 aliphatic heterocycles. The number of nitrogens with zero attached hydrogens (tertiary/aromatic N) is 1. The van der Waals surface area contributed by atoms with Crippen LogP contribution in [0.2, 0.25) is 0 Å². The largest absolute Gasteiger partial charge is 0.489 e. The molecule has 3 rings (SSSR count). The van der Waals surface area contributed by atoms with Crippen molar-refractivity contribution in [3.63, 3.8) is 0 Å². The number of aryl methyl sites for hydroxylation is 2. The van der Waals surface area contributed by atoms with Gasteiger partial charge in [-0.1, -0.05) is 30.3 Å². The van der Waals surface area contributed by atoms with Crippen molar-refractivity contribution in [2.24, 2.45) is 0 Å². The molecule has 0 aliphatic rings. The second kappa shape index (κ2) is 7.82. The zero-order valence-electron chi connectivity index (χ0n) is 14.6. The van der Waals surface area contributed by atoms with Gasteiger partial charge >= 0.3 is 0 Å². The first kappa shape index (κ1) is 17.7. The van der Waals surface area contributed by atoms with Crippen LogP contribution in [0, 0.1) is 12.7 Å². The average molecular weight is 354 g/mol. The lowest BCUT2D eigenvalue weighted by molar-refractivity contribution is 0.101. The quantitative estimate of drug-likeness (QED) is 0.707. The van der Waals surface area contributed by atoms with Gasteiger partial charge in [-0.3, -0.25) is 4.79 Å². The van der Waals surface area contributed by atoms with Crippen molar-refractivity contribution in [1.82, 2.24) is 5.16 Å². The van der Waals surface area contributed by atoms with Gasteiger partial charge in [-0.05, 0) is 49.2 Å². The van der Waals surface area contributed by atoms with Gasteiger partial charge in [-0.15, -0.1) is 0 Å². The molecule has 0 unspecified atom stereocenters. The van der Waals surface area contributed by atoms with E-state index >= 15 is 0 Å². The SMILES string of the molecule is CCc1ccccc1NC(=O)c1noc(C)c1COc1ccc(F)cc1. The Labute approximate surface area is 150 Å². The monoisotopic (exact) mass is 354 g/mol. The number of hydrogen-bond acceptors (Lipinski definition) is 4. The van der Waals surface area contributed by atoms with E-state index < -0.39 is 0 Å². The number of nitrogens with one attached hydrogen (secondary N) is 1. The van der Waals surface area contributed by atoms with Crippen molar-refractivity contribution < 1.29 is 18.4 Å². The van der Waals surface area contributed by atoms with Crippen molar-refractivity contribution in [3.05, 3.63) is 76.9 Å². The molecule has 0 fully saturated rings. The molecule has 0 radical (unpaired) electrons. The van der Waals surface area contributed by atoms with Gasteiger partial charge in [0.25, 0.3) is 5.91 Å². The molecule has 1 amide bonds. The van der Waals surface area contributed by atoms with E-state index in [0.717, 1.165) is 17.7 Å². The summed E-state index contributed by atoms with van der Waals surface area (Å²) in [6.07, 6.45) is 0.800. The van der Waals surface area contributed by atoms with E-state index in [1.807, 2.05) is 31.2 Å². The predicted molar refractivity (Wildman–Crippen MR) is 95.7 cm³/mol. The molecular weight excluding hydrogens is 335 g/mol. The van der Waals surface area contributed by atoms with Crippen LogP contribution in [0.3, 0.4) is 0 Å². The number of para-hydroxylation sites is 1. The zero-order valence-corrected chi connectivity index (χ0v) is 14.6. The van der Waals surface area contributed by atoms with Crippen LogP contribution in [-0.2, 0) is 13.0 Å². The Morgan fingerprint density at radius 1 is 1.19 bits per heavy atom. The fourth-order valence-corrected chi connectivity index (χ4v) is 2.56. The fraction of sp³-hybridized carbons (Fsp3) is 0.200. The second-order valence-electron chi connectivity index (χ2n) is 5.77. The van der Waals surface area contributed by atoms with Crippen LogP contribution in [0.5, 0.6) is 5.75 Å². The average Bonchev–Trinajstić information content (AvgIpc) is 3.02. The number of hydrogen-bond donors (Lipinski definition) is 1. The molecule has 0 aliphatic carbocycles. The lowest BCUT2D eigenvalue weighted by atomic mass is 10.1. The fourth-order valence-electron chi connectivity index (χ4n) is 2.56. The molecule has 0 atom stereocenters. The summed E-state index contributed by atoms with van der Waals surface area (Å²) in [5.41, 5.74) is 2.51. The molecule has 2 aromatic carbocycles. The van der Waals surface area contributed by atoms with Crippen LogP contribution in [0.25, 0.3) is 0 Å². The Bertz CT molecular complexity index is 904. The minimum atomic E-state index is -0.361. The molecule has 1 heterocycles. The molecule has 0 saturated heterocycles. The Morgan fingerprint density at radius 3 is 2.65 bits per heavy atom. The Hall–Kier alpha value is -3.15. The van der Waals surface area contributed by atoms with E-state index in [-0.39, 0.29) is 24.0 Å². The smallest absolute Gasteiger partial charge is 0.278 e. The standard InChI is InChI=1S/C20H19FN2O3/c1-3-14-6-4-5-7-18(14)22-20(24)19-17(13(2)26-23-19)12-25-16-10-8-15(21)9-11-16/h4-11H,3,12H2,1-2H3,(H,22,24). The molecule has 0 bridgehead atoms. The topological polar surface area (TPSA) is 64.4 Å². The van der Waals surface area contributed by atoms with Gasteiger partial charge in [-0.2, -0.15) is 0 Å². The van der Waals surface area contributed by atoms with Crippen molar-refractivity contribution in [2.45, 2.75) is 26.9 Å². The maximum Gasteiger partial charge on any atom is 0.278 e. The Balaban J connectivity index is 1.76. The Morgan fingerprint density at radius 2 is 1.92 bits per heavy atom. The van der Waals surface area contributed by atoms with Crippen LogP contribution in [0.1, 0.15) is 34.3 Å². The molecule has 134 valence electrons. The number of carbonyl (C=O) groups excluding carboxylic acids is 1. The molecule has 1 aromatic heterocycles. The highest BCUT2D eigenvalue weighted by Gasteiger charge is 2.21. The van der Waals surface area contributed by atoms with Crippen LogP contribution >= 0.6 is 0 Å². The van der Waals surface area contributed by atoms with Crippen LogP contribution < -0.4 is 10.1 Å². The predicted octanol–water partition coefficient (Wildman–Crippen LogP) is 4.52.